The largest absolute Gasteiger partial charge is 0.484 e. The predicted octanol–water partition coefficient (Wildman–Crippen LogP) is 4.60. The van der Waals surface area contributed by atoms with Gasteiger partial charge in [0.15, 0.2) is 12.4 Å². The summed E-state index contributed by atoms with van der Waals surface area (Å²) in [5.74, 6) is 0.211. The Labute approximate surface area is 186 Å². The first-order valence-corrected chi connectivity index (χ1v) is 10.3. The maximum absolute atomic E-state index is 12.6. The number of hydrogen-bond acceptors (Lipinski definition) is 4. The van der Waals surface area contributed by atoms with Crippen molar-refractivity contribution in [1.82, 2.24) is 10.3 Å². The minimum absolute atomic E-state index is 0.0575. The van der Waals surface area contributed by atoms with Crippen LogP contribution in [0.2, 0.25) is 0 Å². The topological polar surface area (TPSA) is 68.3 Å². The van der Waals surface area contributed by atoms with E-state index in [0.29, 0.717) is 16.9 Å². The number of aromatic nitrogens is 1. The molecule has 0 radical (unpaired) electrons. The normalized spacial score (nSPS) is 11.4. The van der Waals surface area contributed by atoms with Crippen molar-refractivity contribution in [2.45, 2.75) is 6.04 Å². The Balaban J connectivity index is 1.39. The maximum Gasteiger partial charge on any atom is 0.258 e. The summed E-state index contributed by atoms with van der Waals surface area (Å²) in [7, 11) is 0. The van der Waals surface area contributed by atoms with Gasteiger partial charge in [0.1, 0.15) is 5.75 Å². The van der Waals surface area contributed by atoms with Crippen molar-refractivity contribution >= 4 is 11.7 Å². The maximum atomic E-state index is 12.6. The molecule has 1 heterocycles. The molecule has 0 aliphatic heterocycles. The van der Waals surface area contributed by atoms with E-state index in [1.54, 1.807) is 48.8 Å². The number of benzene rings is 3. The van der Waals surface area contributed by atoms with Crippen LogP contribution in [0.3, 0.4) is 0 Å². The van der Waals surface area contributed by atoms with Crippen molar-refractivity contribution in [3.05, 3.63) is 132 Å². The van der Waals surface area contributed by atoms with Crippen LogP contribution in [0.15, 0.2) is 109 Å². The van der Waals surface area contributed by atoms with Crippen LogP contribution in [0.25, 0.3) is 0 Å². The summed E-state index contributed by atoms with van der Waals surface area (Å²) in [6.07, 6.45) is 3.40. The monoisotopic (exact) mass is 422 g/mol. The van der Waals surface area contributed by atoms with Gasteiger partial charge in [-0.3, -0.25) is 14.6 Å². The fraction of sp³-hybridized carbons (Fsp3) is 0.0741. The molecule has 0 bridgehead atoms. The van der Waals surface area contributed by atoms with Crippen LogP contribution >= 0.6 is 0 Å². The van der Waals surface area contributed by atoms with Gasteiger partial charge in [-0.05, 0) is 47.5 Å². The van der Waals surface area contributed by atoms with Crippen LogP contribution in [-0.2, 0) is 4.79 Å². The number of carbonyl (C=O) groups excluding carboxylic acids is 2. The molecule has 0 aliphatic rings. The molecule has 0 spiro atoms. The van der Waals surface area contributed by atoms with E-state index in [1.807, 2.05) is 60.7 Å². The molecule has 0 unspecified atom stereocenters. The number of hydrogen-bond donors (Lipinski definition) is 1. The highest BCUT2D eigenvalue weighted by Crippen LogP contribution is 2.21. The molecule has 1 amide bonds. The zero-order chi connectivity index (χ0) is 22.2. The van der Waals surface area contributed by atoms with Gasteiger partial charge in [0.2, 0.25) is 0 Å². The van der Waals surface area contributed by atoms with E-state index in [9.17, 15) is 9.59 Å². The van der Waals surface area contributed by atoms with Gasteiger partial charge in [0.25, 0.3) is 5.91 Å². The molecule has 1 N–H and O–H groups in total. The van der Waals surface area contributed by atoms with Gasteiger partial charge in [-0.2, -0.15) is 0 Å². The number of ketones is 1. The molecule has 3 aromatic carbocycles. The molecule has 32 heavy (non-hydrogen) atoms. The minimum Gasteiger partial charge on any atom is -0.484 e. The minimum atomic E-state index is -0.304. The summed E-state index contributed by atoms with van der Waals surface area (Å²) in [5.41, 5.74) is 3.09. The number of nitrogens with zero attached hydrogens (tertiary/aromatic N) is 1. The van der Waals surface area contributed by atoms with Crippen LogP contribution in [0.5, 0.6) is 5.75 Å². The SMILES string of the molecule is O=C(COc1ccc(C(=O)c2ccccc2)cc1)N[C@@H](c1ccccc1)c1ccncc1. The van der Waals surface area contributed by atoms with Crippen molar-refractivity contribution in [2.24, 2.45) is 0 Å². The first-order chi connectivity index (χ1) is 15.7. The lowest BCUT2D eigenvalue weighted by molar-refractivity contribution is -0.123. The van der Waals surface area contributed by atoms with E-state index in [0.717, 1.165) is 11.1 Å². The van der Waals surface area contributed by atoms with Crippen molar-refractivity contribution in [1.29, 1.82) is 0 Å². The van der Waals surface area contributed by atoms with Crippen LogP contribution in [0.4, 0.5) is 0 Å². The first-order valence-electron chi connectivity index (χ1n) is 10.3. The summed E-state index contributed by atoms with van der Waals surface area (Å²) in [6, 6.07) is 29.1. The zero-order valence-corrected chi connectivity index (χ0v) is 17.3. The molecule has 1 atom stereocenters. The summed E-state index contributed by atoms with van der Waals surface area (Å²) in [4.78, 5) is 29.2. The molecular weight excluding hydrogens is 400 g/mol. The number of carbonyl (C=O) groups is 2. The molecule has 1 aromatic heterocycles. The lowest BCUT2D eigenvalue weighted by Crippen LogP contribution is -2.33. The zero-order valence-electron chi connectivity index (χ0n) is 17.3. The molecule has 0 saturated carbocycles. The lowest BCUT2D eigenvalue weighted by atomic mass is 10.00. The number of pyridine rings is 1. The standard InChI is InChI=1S/C27H22N2O3/c30-25(29-26(20-7-3-1-4-8-20)21-15-17-28-18-16-21)19-32-24-13-11-23(12-14-24)27(31)22-9-5-2-6-10-22/h1-18,26H,19H2,(H,29,30)/t26-/m0/s1. The van der Waals surface area contributed by atoms with E-state index < -0.39 is 0 Å². The fourth-order valence-electron chi connectivity index (χ4n) is 3.37. The van der Waals surface area contributed by atoms with Crippen molar-refractivity contribution in [3.63, 3.8) is 0 Å². The van der Waals surface area contributed by atoms with E-state index in [1.165, 1.54) is 0 Å². The Hall–Kier alpha value is -4.25. The molecule has 5 heteroatoms. The lowest BCUT2D eigenvalue weighted by Gasteiger charge is -2.20. The second kappa shape index (κ2) is 10.2. The average Bonchev–Trinajstić information content (AvgIpc) is 2.87. The summed E-state index contributed by atoms with van der Waals surface area (Å²) in [6.45, 7) is -0.138. The van der Waals surface area contributed by atoms with Gasteiger partial charge in [-0.15, -0.1) is 0 Å². The third kappa shape index (κ3) is 5.26. The predicted molar refractivity (Wildman–Crippen MR) is 122 cm³/mol. The number of ether oxygens (including phenoxy) is 1. The third-order valence-electron chi connectivity index (χ3n) is 5.00. The highest BCUT2D eigenvalue weighted by molar-refractivity contribution is 6.08. The van der Waals surface area contributed by atoms with Crippen LogP contribution in [-0.4, -0.2) is 23.3 Å². The number of rotatable bonds is 8. The average molecular weight is 422 g/mol. The van der Waals surface area contributed by atoms with Gasteiger partial charge in [-0.25, -0.2) is 0 Å². The van der Waals surface area contributed by atoms with Crippen molar-refractivity contribution < 1.29 is 14.3 Å². The summed E-state index contributed by atoms with van der Waals surface area (Å²) >= 11 is 0. The molecule has 0 saturated heterocycles. The van der Waals surface area contributed by atoms with E-state index in [2.05, 4.69) is 10.3 Å². The first kappa shape index (κ1) is 21.0. The van der Waals surface area contributed by atoms with Crippen molar-refractivity contribution in [2.75, 3.05) is 6.61 Å². The Morgan fingerprint density at radius 2 is 1.28 bits per heavy atom. The number of amides is 1. The van der Waals surface area contributed by atoms with Crippen LogP contribution < -0.4 is 10.1 Å². The molecule has 0 fully saturated rings. The molecule has 5 nitrogen and oxygen atoms in total. The van der Waals surface area contributed by atoms with Gasteiger partial charge < -0.3 is 10.1 Å². The third-order valence-corrected chi connectivity index (χ3v) is 5.00. The Kier molecular flexibility index (Phi) is 6.68. The molecule has 4 aromatic rings. The van der Waals surface area contributed by atoms with Gasteiger partial charge >= 0.3 is 0 Å². The Morgan fingerprint density at radius 3 is 1.94 bits per heavy atom. The second-order valence-corrected chi connectivity index (χ2v) is 7.20. The highest BCUT2D eigenvalue weighted by atomic mass is 16.5. The van der Waals surface area contributed by atoms with Gasteiger partial charge in [0.05, 0.1) is 6.04 Å². The van der Waals surface area contributed by atoms with E-state index in [4.69, 9.17) is 4.74 Å². The van der Waals surface area contributed by atoms with E-state index >= 15 is 0 Å². The summed E-state index contributed by atoms with van der Waals surface area (Å²) in [5, 5.41) is 3.03. The molecule has 158 valence electrons. The van der Waals surface area contributed by atoms with Gasteiger partial charge in [0, 0.05) is 23.5 Å². The van der Waals surface area contributed by atoms with Crippen LogP contribution in [0, 0.1) is 0 Å². The molecule has 0 aliphatic carbocycles. The van der Waals surface area contributed by atoms with Crippen molar-refractivity contribution in [3.8, 4) is 5.75 Å². The number of nitrogens with one attached hydrogen (secondary N) is 1. The Morgan fingerprint density at radius 1 is 0.719 bits per heavy atom. The van der Waals surface area contributed by atoms with Gasteiger partial charge in [-0.1, -0.05) is 60.7 Å². The molecular formula is C27H22N2O3. The fourth-order valence-corrected chi connectivity index (χ4v) is 3.37. The smallest absolute Gasteiger partial charge is 0.258 e. The summed E-state index contributed by atoms with van der Waals surface area (Å²) < 4.78 is 5.65. The Bertz CT molecular complexity index is 1120. The highest BCUT2D eigenvalue weighted by Gasteiger charge is 2.17. The van der Waals surface area contributed by atoms with E-state index in [-0.39, 0.29) is 24.3 Å². The quantitative estimate of drug-likeness (QED) is 0.422. The second-order valence-electron chi connectivity index (χ2n) is 7.20. The molecule has 4 rings (SSSR count). The van der Waals surface area contributed by atoms with Crippen LogP contribution in [0.1, 0.15) is 33.1 Å².